The summed E-state index contributed by atoms with van der Waals surface area (Å²) in [5.74, 6) is -0.622. The van der Waals surface area contributed by atoms with Gasteiger partial charge >= 0.3 is 0 Å². The Labute approximate surface area is 128 Å². The maximum Gasteiger partial charge on any atom is 0.242 e. The summed E-state index contributed by atoms with van der Waals surface area (Å²) in [4.78, 5) is 12.4. The van der Waals surface area contributed by atoms with Gasteiger partial charge in [0.15, 0.2) is 14.6 Å². The van der Waals surface area contributed by atoms with Gasteiger partial charge in [0.05, 0.1) is 6.07 Å². The van der Waals surface area contributed by atoms with Gasteiger partial charge in [0.25, 0.3) is 0 Å². The van der Waals surface area contributed by atoms with Gasteiger partial charge in [0.2, 0.25) is 5.91 Å². The smallest absolute Gasteiger partial charge is 0.242 e. The quantitative estimate of drug-likeness (QED) is 0.916. The number of amides is 1. The number of nitrogens with zero attached hydrogens (tertiary/aromatic N) is 1. The Morgan fingerprint density at radius 3 is 2.48 bits per heavy atom. The first-order valence-electron chi connectivity index (χ1n) is 6.46. The first-order valence-corrected chi connectivity index (χ1v) is 8.73. The topological polar surface area (TPSA) is 87.0 Å². The third-order valence-electron chi connectivity index (χ3n) is 3.91. The number of halogens is 1. The van der Waals surface area contributed by atoms with Crippen LogP contribution in [0.1, 0.15) is 30.9 Å². The van der Waals surface area contributed by atoms with Gasteiger partial charge in [-0.3, -0.25) is 4.79 Å². The predicted octanol–water partition coefficient (Wildman–Crippen LogP) is 1.99. The molecule has 0 heterocycles. The molecule has 1 amide bonds. The number of carbonyl (C=O) groups is 1. The number of carbonyl (C=O) groups excluding carboxylic acids is 1. The standard InChI is InChI=1S/C14H15ClN2O3S/c1-21(19,20)14(7-4-8-14)13(18)17-12(9-16)10-5-2-3-6-11(10)15/h2-3,5-6,12H,4,7-8H2,1H3,(H,17,18). The van der Waals surface area contributed by atoms with E-state index in [1.807, 2.05) is 6.07 Å². The lowest BCUT2D eigenvalue weighted by Gasteiger charge is -2.38. The summed E-state index contributed by atoms with van der Waals surface area (Å²) < 4.78 is 22.4. The van der Waals surface area contributed by atoms with Crippen LogP contribution in [0.4, 0.5) is 0 Å². The highest BCUT2D eigenvalue weighted by molar-refractivity contribution is 7.93. The van der Waals surface area contributed by atoms with Crippen molar-refractivity contribution in [1.82, 2.24) is 5.32 Å². The minimum atomic E-state index is -3.53. The molecule has 1 aliphatic carbocycles. The lowest BCUT2D eigenvalue weighted by atomic mass is 9.83. The number of benzene rings is 1. The first kappa shape index (κ1) is 15.8. The van der Waals surface area contributed by atoms with Gasteiger partial charge < -0.3 is 5.32 Å². The van der Waals surface area contributed by atoms with Crippen molar-refractivity contribution in [3.63, 3.8) is 0 Å². The number of hydrogen-bond acceptors (Lipinski definition) is 4. The Morgan fingerprint density at radius 2 is 2.05 bits per heavy atom. The molecule has 1 unspecified atom stereocenters. The summed E-state index contributed by atoms with van der Waals surface area (Å²) in [5, 5.41) is 12.1. The molecule has 0 aromatic heterocycles. The highest BCUT2D eigenvalue weighted by Crippen LogP contribution is 2.39. The highest BCUT2D eigenvalue weighted by Gasteiger charge is 2.53. The van der Waals surface area contributed by atoms with E-state index >= 15 is 0 Å². The second-order valence-corrected chi connectivity index (χ2v) is 7.91. The highest BCUT2D eigenvalue weighted by atomic mass is 35.5. The Bertz CT molecular complexity index is 705. The van der Waals surface area contributed by atoms with Crippen LogP contribution in [0.25, 0.3) is 0 Å². The molecule has 7 heteroatoms. The summed E-state index contributed by atoms with van der Waals surface area (Å²) in [6.45, 7) is 0. The molecule has 1 N–H and O–H groups in total. The molecule has 1 aromatic carbocycles. The molecule has 0 bridgehead atoms. The van der Waals surface area contributed by atoms with Gasteiger partial charge in [-0.25, -0.2) is 8.42 Å². The predicted molar refractivity (Wildman–Crippen MR) is 79.4 cm³/mol. The average molecular weight is 327 g/mol. The minimum absolute atomic E-state index is 0.290. The first-order chi connectivity index (χ1) is 9.82. The van der Waals surface area contributed by atoms with Gasteiger partial charge in [0, 0.05) is 16.8 Å². The lowest BCUT2D eigenvalue weighted by Crippen LogP contribution is -2.57. The van der Waals surface area contributed by atoms with Crippen LogP contribution in [0.2, 0.25) is 5.02 Å². The van der Waals surface area contributed by atoms with E-state index in [0.717, 1.165) is 6.26 Å². The van der Waals surface area contributed by atoms with Crippen LogP contribution in [-0.4, -0.2) is 25.3 Å². The van der Waals surface area contributed by atoms with Crippen molar-refractivity contribution in [2.45, 2.75) is 30.1 Å². The number of nitrogens with one attached hydrogen (secondary N) is 1. The van der Waals surface area contributed by atoms with E-state index in [9.17, 15) is 18.5 Å². The van der Waals surface area contributed by atoms with Crippen molar-refractivity contribution in [3.05, 3.63) is 34.9 Å². The van der Waals surface area contributed by atoms with E-state index in [-0.39, 0.29) is 0 Å². The zero-order valence-corrected chi connectivity index (χ0v) is 13.0. The SMILES string of the molecule is CS(=O)(=O)C1(C(=O)NC(C#N)c2ccccc2Cl)CCC1. The Morgan fingerprint density at radius 1 is 1.43 bits per heavy atom. The molecule has 0 spiro atoms. The number of hydrogen-bond donors (Lipinski definition) is 1. The summed E-state index contributed by atoms with van der Waals surface area (Å²) in [6.07, 6.45) is 2.32. The van der Waals surface area contributed by atoms with Gasteiger partial charge in [-0.1, -0.05) is 29.8 Å². The fourth-order valence-electron chi connectivity index (χ4n) is 2.42. The number of nitriles is 1. The van der Waals surface area contributed by atoms with E-state index in [0.29, 0.717) is 29.8 Å². The van der Waals surface area contributed by atoms with E-state index in [2.05, 4.69) is 5.32 Å². The molecule has 1 aromatic rings. The molecular formula is C14H15ClN2O3S. The van der Waals surface area contributed by atoms with Gasteiger partial charge in [-0.2, -0.15) is 5.26 Å². The normalized spacial score (nSPS) is 18.1. The van der Waals surface area contributed by atoms with Crippen molar-refractivity contribution in [1.29, 1.82) is 5.26 Å². The average Bonchev–Trinajstić information content (AvgIpc) is 2.33. The second-order valence-electron chi connectivity index (χ2n) is 5.18. The zero-order valence-electron chi connectivity index (χ0n) is 11.5. The third-order valence-corrected chi connectivity index (χ3v) is 6.26. The zero-order chi connectivity index (χ0) is 15.7. The van der Waals surface area contributed by atoms with E-state index in [1.165, 1.54) is 0 Å². The third kappa shape index (κ3) is 2.76. The van der Waals surface area contributed by atoms with Crippen molar-refractivity contribution in [2.24, 2.45) is 0 Å². The van der Waals surface area contributed by atoms with Crippen LogP contribution in [0, 0.1) is 11.3 Å². The number of sulfone groups is 1. The van der Waals surface area contributed by atoms with Crippen LogP contribution in [0.15, 0.2) is 24.3 Å². The van der Waals surface area contributed by atoms with Crippen molar-refractivity contribution in [2.75, 3.05) is 6.26 Å². The van der Waals surface area contributed by atoms with Crippen LogP contribution in [0.5, 0.6) is 0 Å². The molecule has 1 fully saturated rings. The van der Waals surface area contributed by atoms with Crippen LogP contribution < -0.4 is 5.32 Å². The molecule has 0 saturated heterocycles. The van der Waals surface area contributed by atoms with E-state index < -0.39 is 26.5 Å². The summed E-state index contributed by atoms with van der Waals surface area (Å²) in [5.41, 5.74) is 0.456. The maximum atomic E-state index is 12.4. The molecule has 0 aliphatic heterocycles. The summed E-state index contributed by atoms with van der Waals surface area (Å²) >= 11 is 6.01. The Kier molecular flexibility index (Phi) is 4.26. The largest absolute Gasteiger partial charge is 0.335 e. The molecule has 1 saturated carbocycles. The summed E-state index contributed by atoms with van der Waals surface area (Å²) in [7, 11) is -3.53. The molecule has 21 heavy (non-hydrogen) atoms. The van der Waals surface area contributed by atoms with E-state index in [4.69, 9.17) is 11.6 Å². The second kappa shape index (κ2) is 5.66. The van der Waals surface area contributed by atoms with Gasteiger partial charge in [-0.05, 0) is 25.3 Å². The van der Waals surface area contributed by atoms with Crippen molar-refractivity contribution in [3.8, 4) is 6.07 Å². The molecule has 5 nitrogen and oxygen atoms in total. The van der Waals surface area contributed by atoms with E-state index in [1.54, 1.807) is 24.3 Å². The maximum absolute atomic E-state index is 12.4. The fraction of sp³-hybridized carbons (Fsp3) is 0.429. The van der Waals surface area contributed by atoms with Crippen molar-refractivity contribution < 1.29 is 13.2 Å². The monoisotopic (exact) mass is 326 g/mol. The van der Waals surface area contributed by atoms with Crippen LogP contribution >= 0.6 is 11.6 Å². The number of rotatable bonds is 4. The molecule has 0 radical (unpaired) electrons. The Hall–Kier alpha value is -1.58. The van der Waals surface area contributed by atoms with Crippen LogP contribution in [-0.2, 0) is 14.6 Å². The van der Waals surface area contributed by atoms with Gasteiger partial charge in [-0.15, -0.1) is 0 Å². The van der Waals surface area contributed by atoms with Crippen LogP contribution in [0.3, 0.4) is 0 Å². The van der Waals surface area contributed by atoms with Gasteiger partial charge in [0.1, 0.15) is 6.04 Å². The molecule has 112 valence electrons. The molecule has 2 rings (SSSR count). The molecule has 1 aliphatic rings. The fourth-order valence-corrected chi connectivity index (χ4v) is 4.09. The minimum Gasteiger partial charge on any atom is -0.335 e. The molecular weight excluding hydrogens is 312 g/mol. The lowest BCUT2D eigenvalue weighted by molar-refractivity contribution is -0.126. The molecule has 1 atom stereocenters. The Balaban J connectivity index is 2.26. The summed E-state index contributed by atoms with van der Waals surface area (Å²) in [6, 6.07) is 7.64. The van der Waals surface area contributed by atoms with Crippen molar-refractivity contribution >= 4 is 27.3 Å².